The number of aryl methyl sites for hydroxylation is 3. The topological polar surface area (TPSA) is 75.4 Å². The second kappa shape index (κ2) is 7.80. The molecule has 0 aliphatic carbocycles. The molecule has 1 aromatic carbocycles. The van der Waals surface area contributed by atoms with Crippen LogP contribution in [0.1, 0.15) is 48.3 Å². The summed E-state index contributed by atoms with van der Waals surface area (Å²) in [4.78, 5) is 0.392. The molecule has 142 valence electrons. The Morgan fingerprint density at radius 3 is 2.42 bits per heavy atom. The third-order valence-electron chi connectivity index (χ3n) is 5.02. The SMILES string of the molecule is Cc1ccc(NCc2c(C)noc2C)cc1S(=O)(=O)N1CCCCCC1. The van der Waals surface area contributed by atoms with Crippen LogP contribution in [0.5, 0.6) is 0 Å². The summed E-state index contributed by atoms with van der Waals surface area (Å²) in [6.07, 6.45) is 4.07. The van der Waals surface area contributed by atoms with E-state index >= 15 is 0 Å². The maximum atomic E-state index is 13.1. The summed E-state index contributed by atoms with van der Waals surface area (Å²) in [6, 6.07) is 5.52. The second-order valence-corrected chi connectivity index (χ2v) is 8.86. The van der Waals surface area contributed by atoms with Crippen LogP contribution in [-0.4, -0.2) is 31.0 Å². The molecule has 2 heterocycles. The van der Waals surface area contributed by atoms with Crippen LogP contribution in [-0.2, 0) is 16.6 Å². The Morgan fingerprint density at radius 1 is 1.12 bits per heavy atom. The summed E-state index contributed by atoms with van der Waals surface area (Å²) in [5.41, 5.74) is 3.41. The van der Waals surface area contributed by atoms with Gasteiger partial charge in [0.15, 0.2) is 0 Å². The van der Waals surface area contributed by atoms with Gasteiger partial charge in [-0.1, -0.05) is 24.1 Å². The fraction of sp³-hybridized carbons (Fsp3) is 0.526. The van der Waals surface area contributed by atoms with Crippen molar-refractivity contribution in [3.8, 4) is 0 Å². The second-order valence-electron chi connectivity index (χ2n) is 6.95. The summed E-state index contributed by atoms with van der Waals surface area (Å²) in [7, 11) is -3.46. The van der Waals surface area contributed by atoms with Crippen molar-refractivity contribution in [2.45, 2.75) is 57.9 Å². The number of hydrogen-bond donors (Lipinski definition) is 1. The third kappa shape index (κ3) is 3.94. The van der Waals surface area contributed by atoms with Gasteiger partial charge in [0, 0.05) is 30.9 Å². The molecule has 0 radical (unpaired) electrons. The maximum absolute atomic E-state index is 13.1. The molecule has 7 heteroatoms. The largest absolute Gasteiger partial charge is 0.381 e. The normalized spacial score (nSPS) is 16.4. The smallest absolute Gasteiger partial charge is 0.243 e. The lowest BCUT2D eigenvalue weighted by Crippen LogP contribution is -2.32. The molecular weight excluding hydrogens is 350 g/mol. The first kappa shape index (κ1) is 18.9. The van der Waals surface area contributed by atoms with E-state index in [2.05, 4.69) is 10.5 Å². The molecule has 1 fully saturated rings. The first-order chi connectivity index (χ1) is 12.4. The number of sulfonamides is 1. The van der Waals surface area contributed by atoms with E-state index in [0.717, 1.165) is 54.0 Å². The Morgan fingerprint density at radius 2 is 1.81 bits per heavy atom. The molecule has 0 saturated carbocycles. The standard InChI is InChI=1S/C19H27N3O3S/c1-14-8-9-17(20-13-18-15(2)21-25-16(18)3)12-19(14)26(23,24)22-10-6-4-5-7-11-22/h8-9,12,20H,4-7,10-11,13H2,1-3H3. The van der Waals surface area contributed by atoms with Crippen LogP contribution in [0.15, 0.2) is 27.6 Å². The summed E-state index contributed by atoms with van der Waals surface area (Å²) in [5, 5.41) is 7.25. The minimum absolute atomic E-state index is 0.392. The number of aromatic nitrogens is 1. The molecule has 3 rings (SSSR count). The Labute approximate surface area is 155 Å². The van der Waals surface area contributed by atoms with Gasteiger partial charge in [-0.2, -0.15) is 4.31 Å². The van der Waals surface area contributed by atoms with Gasteiger partial charge < -0.3 is 9.84 Å². The molecule has 0 amide bonds. The van der Waals surface area contributed by atoms with Gasteiger partial charge in [0.05, 0.1) is 10.6 Å². The molecule has 2 aromatic rings. The van der Waals surface area contributed by atoms with E-state index in [1.54, 1.807) is 10.4 Å². The quantitative estimate of drug-likeness (QED) is 0.858. The van der Waals surface area contributed by atoms with Gasteiger partial charge >= 0.3 is 0 Å². The maximum Gasteiger partial charge on any atom is 0.243 e. The van der Waals surface area contributed by atoms with Gasteiger partial charge in [0.25, 0.3) is 0 Å². The van der Waals surface area contributed by atoms with Gasteiger partial charge in [0.2, 0.25) is 10.0 Å². The van der Waals surface area contributed by atoms with E-state index in [-0.39, 0.29) is 0 Å². The van der Waals surface area contributed by atoms with Crippen molar-refractivity contribution in [1.82, 2.24) is 9.46 Å². The number of hydrogen-bond acceptors (Lipinski definition) is 5. The zero-order chi connectivity index (χ0) is 18.7. The molecule has 0 spiro atoms. The van der Waals surface area contributed by atoms with Gasteiger partial charge in [-0.05, 0) is 51.3 Å². The first-order valence-electron chi connectivity index (χ1n) is 9.16. The highest BCUT2D eigenvalue weighted by molar-refractivity contribution is 7.89. The molecule has 1 saturated heterocycles. The summed E-state index contributed by atoms with van der Waals surface area (Å²) < 4.78 is 33.1. The summed E-state index contributed by atoms with van der Waals surface area (Å²) in [5.74, 6) is 0.777. The average Bonchev–Trinajstić information content (AvgIpc) is 2.83. The van der Waals surface area contributed by atoms with Gasteiger partial charge in [-0.3, -0.25) is 0 Å². The van der Waals surface area contributed by atoms with Crippen LogP contribution in [0.25, 0.3) is 0 Å². The number of anilines is 1. The molecule has 1 aromatic heterocycles. The Kier molecular flexibility index (Phi) is 5.67. The minimum atomic E-state index is -3.46. The average molecular weight is 378 g/mol. The lowest BCUT2D eigenvalue weighted by molar-refractivity contribution is 0.392. The predicted molar refractivity (Wildman–Crippen MR) is 102 cm³/mol. The minimum Gasteiger partial charge on any atom is -0.381 e. The number of nitrogens with one attached hydrogen (secondary N) is 1. The fourth-order valence-corrected chi connectivity index (χ4v) is 5.12. The summed E-state index contributed by atoms with van der Waals surface area (Å²) in [6.45, 7) is 7.40. The van der Waals surface area contributed by atoms with Gasteiger partial charge in [0.1, 0.15) is 5.76 Å². The molecule has 6 nitrogen and oxygen atoms in total. The number of benzene rings is 1. The zero-order valence-electron chi connectivity index (χ0n) is 15.7. The van der Waals surface area contributed by atoms with E-state index in [1.807, 2.05) is 32.9 Å². The fourth-order valence-electron chi connectivity index (χ4n) is 3.35. The predicted octanol–water partition coefficient (Wildman–Crippen LogP) is 3.78. The Hall–Kier alpha value is -1.86. The van der Waals surface area contributed by atoms with Crippen molar-refractivity contribution >= 4 is 15.7 Å². The van der Waals surface area contributed by atoms with E-state index in [0.29, 0.717) is 24.5 Å². The molecule has 1 N–H and O–H groups in total. The van der Waals surface area contributed by atoms with Gasteiger partial charge in [-0.15, -0.1) is 0 Å². The van der Waals surface area contributed by atoms with Crippen LogP contribution in [0, 0.1) is 20.8 Å². The van der Waals surface area contributed by atoms with Crippen LogP contribution in [0.4, 0.5) is 5.69 Å². The van der Waals surface area contributed by atoms with Crippen LogP contribution >= 0.6 is 0 Å². The zero-order valence-corrected chi connectivity index (χ0v) is 16.5. The summed E-state index contributed by atoms with van der Waals surface area (Å²) >= 11 is 0. The van der Waals surface area contributed by atoms with Crippen LogP contribution < -0.4 is 5.32 Å². The molecular formula is C19H27N3O3S. The lowest BCUT2D eigenvalue weighted by Gasteiger charge is -2.21. The van der Waals surface area contributed by atoms with Crippen molar-refractivity contribution in [2.75, 3.05) is 18.4 Å². The highest BCUT2D eigenvalue weighted by atomic mass is 32.2. The van der Waals surface area contributed by atoms with E-state index in [1.165, 1.54) is 0 Å². The van der Waals surface area contributed by atoms with Crippen molar-refractivity contribution < 1.29 is 12.9 Å². The number of rotatable bonds is 5. The monoisotopic (exact) mass is 377 g/mol. The lowest BCUT2D eigenvalue weighted by atomic mass is 10.2. The molecule has 1 aliphatic heterocycles. The van der Waals surface area contributed by atoms with Crippen LogP contribution in [0.2, 0.25) is 0 Å². The van der Waals surface area contributed by atoms with Gasteiger partial charge in [-0.25, -0.2) is 8.42 Å². The molecule has 0 bridgehead atoms. The highest BCUT2D eigenvalue weighted by Crippen LogP contribution is 2.26. The molecule has 0 atom stereocenters. The van der Waals surface area contributed by atoms with Crippen LogP contribution in [0.3, 0.4) is 0 Å². The Bertz CT molecular complexity index is 847. The highest BCUT2D eigenvalue weighted by Gasteiger charge is 2.26. The Balaban J connectivity index is 1.83. The first-order valence-corrected chi connectivity index (χ1v) is 10.6. The molecule has 26 heavy (non-hydrogen) atoms. The van der Waals surface area contributed by atoms with Crippen molar-refractivity contribution in [2.24, 2.45) is 0 Å². The van der Waals surface area contributed by atoms with Crippen molar-refractivity contribution in [3.63, 3.8) is 0 Å². The molecule has 1 aliphatic rings. The van der Waals surface area contributed by atoms with Crippen molar-refractivity contribution in [1.29, 1.82) is 0 Å². The molecule has 0 unspecified atom stereocenters. The van der Waals surface area contributed by atoms with E-state index in [9.17, 15) is 8.42 Å². The van der Waals surface area contributed by atoms with E-state index in [4.69, 9.17) is 4.52 Å². The van der Waals surface area contributed by atoms with E-state index < -0.39 is 10.0 Å². The third-order valence-corrected chi connectivity index (χ3v) is 7.06. The van der Waals surface area contributed by atoms with Crippen molar-refractivity contribution in [3.05, 3.63) is 40.8 Å². The number of nitrogens with zero attached hydrogens (tertiary/aromatic N) is 2.